The molecular formula is C21H26F2N4O3S. The van der Waals surface area contributed by atoms with E-state index in [1.54, 1.807) is 33.4 Å². The number of nitrogens with zero attached hydrogens (tertiary/aromatic N) is 3. The molecule has 1 aliphatic rings. The van der Waals surface area contributed by atoms with Gasteiger partial charge in [-0.15, -0.1) is 11.3 Å². The Balaban J connectivity index is 1.59. The minimum atomic E-state index is -2.93. The first kappa shape index (κ1) is 22.9. The number of thiazole rings is 1. The summed E-state index contributed by atoms with van der Waals surface area (Å²) in [7, 11) is 0. The van der Waals surface area contributed by atoms with Gasteiger partial charge in [-0.1, -0.05) is 12.1 Å². The number of nitrogens with one attached hydrogen (secondary N) is 1. The van der Waals surface area contributed by atoms with Crippen LogP contribution in [0.1, 0.15) is 26.7 Å². The van der Waals surface area contributed by atoms with Gasteiger partial charge < -0.3 is 19.9 Å². The molecule has 0 spiro atoms. The monoisotopic (exact) mass is 452 g/mol. The maximum atomic E-state index is 12.7. The highest BCUT2D eigenvalue weighted by Crippen LogP contribution is 2.33. The van der Waals surface area contributed by atoms with Crippen LogP contribution >= 0.6 is 11.3 Å². The molecule has 2 heterocycles. The number of para-hydroxylation sites is 1. The first-order chi connectivity index (χ1) is 14.9. The van der Waals surface area contributed by atoms with Crippen LogP contribution in [0.3, 0.4) is 0 Å². The van der Waals surface area contributed by atoms with Crippen molar-refractivity contribution in [1.29, 1.82) is 0 Å². The SMILES string of the molecule is CCN(CC)C(=O)N1CCC(C(=O)Nc2nc(-c3ccccc3OC(F)F)cs2)CC1. The van der Waals surface area contributed by atoms with Gasteiger partial charge in [-0.25, -0.2) is 9.78 Å². The molecule has 0 bridgehead atoms. The van der Waals surface area contributed by atoms with E-state index in [0.717, 1.165) is 0 Å². The van der Waals surface area contributed by atoms with Crippen molar-refractivity contribution in [3.63, 3.8) is 0 Å². The lowest BCUT2D eigenvalue weighted by atomic mass is 9.96. The molecule has 1 aromatic heterocycles. The standard InChI is InChI=1S/C21H26F2N4O3S/c1-3-26(4-2)21(29)27-11-9-14(10-12-27)18(28)25-20-24-16(13-31-20)15-7-5-6-8-17(15)30-19(22)23/h5-8,13-14,19H,3-4,9-12H2,1-2H3,(H,24,25,28). The van der Waals surface area contributed by atoms with Crippen molar-refractivity contribution in [3.05, 3.63) is 29.6 Å². The summed E-state index contributed by atoms with van der Waals surface area (Å²) in [5.41, 5.74) is 0.888. The molecule has 3 amide bonds. The van der Waals surface area contributed by atoms with Crippen molar-refractivity contribution >= 4 is 28.4 Å². The van der Waals surface area contributed by atoms with Crippen LogP contribution in [-0.2, 0) is 4.79 Å². The van der Waals surface area contributed by atoms with Gasteiger partial charge in [0.2, 0.25) is 5.91 Å². The number of urea groups is 1. The maximum absolute atomic E-state index is 12.7. The van der Waals surface area contributed by atoms with Crippen molar-refractivity contribution in [2.45, 2.75) is 33.3 Å². The Hall–Kier alpha value is -2.75. The van der Waals surface area contributed by atoms with Crippen LogP contribution in [0.4, 0.5) is 18.7 Å². The molecule has 3 rings (SSSR count). The predicted octanol–water partition coefficient (Wildman–Crippen LogP) is 4.52. The van der Waals surface area contributed by atoms with Gasteiger partial charge in [0, 0.05) is 43.0 Å². The average Bonchev–Trinajstić information content (AvgIpc) is 3.22. The number of alkyl halides is 2. The number of piperidine rings is 1. The van der Waals surface area contributed by atoms with E-state index in [1.165, 1.54) is 17.4 Å². The number of carbonyl (C=O) groups excluding carboxylic acids is 2. The third-order valence-electron chi connectivity index (χ3n) is 5.28. The maximum Gasteiger partial charge on any atom is 0.387 e. The number of anilines is 1. The predicted molar refractivity (Wildman–Crippen MR) is 115 cm³/mol. The van der Waals surface area contributed by atoms with Crippen LogP contribution < -0.4 is 10.1 Å². The summed E-state index contributed by atoms with van der Waals surface area (Å²) in [4.78, 5) is 33.0. The lowest BCUT2D eigenvalue weighted by molar-refractivity contribution is -0.121. The zero-order chi connectivity index (χ0) is 22.4. The zero-order valence-electron chi connectivity index (χ0n) is 17.5. The second kappa shape index (κ2) is 10.5. The first-order valence-corrected chi connectivity index (χ1v) is 11.1. The highest BCUT2D eigenvalue weighted by molar-refractivity contribution is 7.14. The van der Waals surface area contributed by atoms with Crippen LogP contribution in [0.2, 0.25) is 0 Å². The summed E-state index contributed by atoms with van der Waals surface area (Å²) in [6.45, 7) is 3.35. The van der Waals surface area contributed by atoms with Crippen molar-refractivity contribution in [1.82, 2.24) is 14.8 Å². The van der Waals surface area contributed by atoms with Gasteiger partial charge >= 0.3 is 12.6 Å². The van der Waals surface area contributed by atoms with Crippen LogP contribution in [0.5, 0.6) is 5.75 Å². The van der Waals surface area contributed by atoms with Gasteiger partial charge in [0.05, 0.1) is 5.69 Å². The quantitative estimate of drug-likeness (QED) is 0.670. The number of ether oxygens (including phenoxy) is 1. The Morgan fingerprint density at radius 1 is 1.26 bits per heavy atom. The molecule has 0 saturated carbocycles. The average molecular weight is 453 g/mol. The normalized spacial score (nSPS) is 14.5. The van der Waals surface area contributed by atoms with E-state index in [9.17, 15) is 18.4 Å². The third kappa shape index (κ3) is 5.69. The minimum Gasteiger partial charge on any atom is -0.434 e. The van der Waals surface area contributed by atoms with Crippen molar-refractivity contribution in [2.24, 2.45) is 5.92 Å². The zero-order valence-corrected chi connectivity index (χ0v) is 18.3. The molecule has 0 aliphatic carbocycles. The molecule has 31 heavy (non-hydrogen) atoms. The van der Waals surface area contributed by atoms with Gasteiger partial charge in [-0.2, -0.15) is 8.78 Å². The molecule has 1 N–H and O–H groups in total. The first-order valence-electron chi connectivity index (χ1n) is 10.3. The molecule has 168 valence electrons. The van der Waals surface area contributed by atoms with Crippen LogP contribution in [0, 0.1) is 5.92 Å². The number of amides is 3. The van der Waals surface area contributed by atoms with Crippen LogP contribution in [0.15, 0.2) is 29.6 Å². The van der Waals surface area contributed by atoms with E-state index >= 15 is 0 Å². The van der Waals surface area contributed by atoms with E-state index in [2.05, 4.69) is 15.0 Å². The second-order valence-electron chi connectivity index (χ2n) is 7.12. The molecule has 2 aromatic rings. The number of halogens is 2. The van der Waals surface area contributed by atoms with Crippen LogP contribution in [-0.4, -0.2) is 59.5 Å². The molecular weight excluding hydrogens is 426 g/mol. The smallest absolute Gasteiger partial charge is 0.387 e. The summed E-state index contributed by atoms with van der Waals surface area (Å²) in [6.07, 6.45) is 1.17. The Bertz CT molecular complexity index is 896. The van der Waals surface area contributed by atoms with E-state index in [-0.39, 0.29) is 23.6 Å². The molecule has 7 nitrogen and oxygen atoms in total. The Morgan fingerprint density at radius 2 is 1.94 bits per heavy atom. The fourth-order valence-corrected chi connectivity index (χ4v) is 4.28. The van der Waals surface area contributed by atoms with Gasteiger partial charge in [-0.3, -0.25) is 4.79 Å². The molecule has 1 saturated heterocycles. The summed E-state index contributed by atoms with van der Waals surface area (Å²) >= 11 is 1.22. The molecule has 10 heteroatoms. The number of hydrogen-bond acceptors (Lipinski definition) is 5. The summed E-state index contributed by atoms with van der Waals surface area (Å²) in [5, 5.41) is 4.90. The molecule has 1 aliphatic heterocycles. The van der Waals surface area contributed by atoms with Crippen molar-refractivity contribution < 1.29 is 23.1 Å². The lowest BCUT2D eigenvalue weighted by Crippen LogP contribution is -2.47. The topological polar surface area (TPSA) is 74.8 Å². The lowest BCUT2D eigenvalue weighted by Gasteiger charge is -2.34. The van der Waals surface area contributed by atoms with Gasteiger partial charge in [-0.05, 0) is 38.8 Å². The summed E-state index contributed by atoms with van der Waals surface area (Å²) in [6, 6.07) is 6.41. The minimum absolute atomic E-state index is 0.0121. The Kier molecular flexibility index (Phi) is 7.78. The van der Waals surface area contributed by atoms with E-state index in [0.29, 0.717) is 55.4 Å². The fraction of sp³-hybridized carbons (Fsp3) is 0.476. The number of aromatic nitrogens is 1. The van der Waals surface area contributed by atoms with Gasteiger partial charge in [0.15, 0.2) is 5.13 Å². The summed E-state index contributed by atoms with van der Waals surface area (Å²) in [5.74, 6) is -0.318. The van der Waals surface area contributed by atoms with E-state index in [4.69, 9.17) is 0 Å². The highest BCUT2D eigenvalue weighted by Gasteiger charge is 2.29. The van der Waals surface area contributed by atoms with Crippen molar-refractivity contribution in [3.8, 4) is 17.0 Å². The van der Waals surface area contributed by atoms with E-state index in [1.807, 2.05) is 13.8 Å². The Labute approximate surface area is 184 Å². The molecule has 0 radical (unpaired) electrons. The fourth-order valence-electron chi connectivity index (χ4n) is 3.57. The third-order valence-corrected chi connectivity index (χ3v) is 6.04. The van der Waals surface area contributed by atoms with Crippen LogP contribution in [0.25, 0.3) is 11.3 Å². The Morgan fingerprint density at radius 3 is 2.58 bits per heavy atom. The molecule has 1 fully saturated rings. The molecule has 0 unspecified atom stereocenters. The van der Waals surface area contributed by atoms with Crippen molar-refractivity contribution in [2.75, 3.05) is 31.5 Å². The molecule has 1 aromatic carbocycles. The van der Waals surface area contributed by atoms with E-state index < -0.39 is 6.61 Å². The highest BCUT2D eigenvalue weighted by atomic mass is 32.1. The van der Waals surface area contributed by atoms with Gasteiger partial charge in [0.1, 0.15) is 5.75 Å². The molecule has 0 atom stereocenters. The second-order valence-corrected chi connectivity index (χ2v) is 7.98. The number of likely N-dealkylation sites (tertiary alicyclic amines) is 1. The number of carbonyl (C=O) groups is 2. The largest absolute Gasteiger partial charge is 0.434 e. The number of hydrogen-bond donors (Lipinski definition) is 1. The summed E-state index contributed by atoms with van der Waals surface area (Å²) < 4.78 is 29.8. The number of benzene rings is 1. The van der Waals surface area contributed by atoms with Gasteiger partial charge in [0.25, 0.3) is 0 Å². The number of rotatable bonds is 7.